The highest BCUT2D eigenvalue weighted by atomic mass is 79.9. The number of nitrogens with one attached hydrogen (secondary N) is 1. The number of rotatable bonds is 5. The minimum absolute atomic E-state index is 0.0206. The van der Waals surface area contributed by atoms with Crippen molar-refractivity contribution in [3.63, 3.8) is 0 Å². The lowest BCUT2D eigenvalue weighted by molar-refractivity contribution is -0.122. The average molecular weight is 369 g/mol. The van der Waals surface area contributed by atoms with Gasteiger partial charge in [0.05, 0.1) is 6.10 Å². The molecule has 1 unspecified atom stereocenters. The number of carbonyl (C=O) groups is 1. The summed E-state index contributed by atoms with van der Waals surface area (Å²) in [6.45, 7) is -0.165. The van der Waals surface area contributed by atoms with Crippen molar-refractivity contribution in [1.82, 2.24) is 9.88 Å². The van der Waals surface area contributed by atoms with E-state index in [0.717, 1.165) is 0 Å². The molecule has 2 aromatic rings. The van der Waals surface area contributed by atoms with E-state index in [1.165, 1.54) is 41.1 Å². The third-order valence-electron chi connectivity index (χ3n) is 3.01. The van der Waals surface area contributed by atoms with Crippen LogP contribution in [0.5, 0.6) is 0 Å². The second-order valence-corrected chi connectivity index (χ2v) is 5.60. The van der Waals surface area contributed by atoms with Crippen molar-refractivity contribution < 1.29 is 14.3 Å². The SMILES string of the molecule is O=C(Cn1cc(Br)ccc1=O)NCC(O)c1ccc(F)cc1. The summed E-state index contributed by atoms with van der Waals surface area (Å²) < 4.78 is 14.7. The number of aromatic nitrogens is 1. The molecule has 0 bridgehead atoms. The van der Waals surface area contributed by atoms with Crippen molar-refractivity contribution in [2.45, 2.75) is 12.6 Å². The van der Waals surface area contributed by atoms with E-state index in [9.17, 15) is 19.1 Å². The second-order valence-electron chi connectivity index (χ2n) is 4.68. The Morgan fingerprint density at radius 1 is 1.27 bits per heavy atom. The van der Waals surface area contributed by atoms with Crippen LogP contribution in [0.3, 0.4) is 0 Å². The molecule has 1 heterocycles. The number of amides is 1. The van der Waals surface area contributed by atoms with Gasteiger partial charge in [-0.1, -0.05) is 12.1 Å². The number of aliphatic hydroxyl groups is 1. The molecule has 1 atom stereocenters. The Kier molecular flexibility index (Phi) is 5.46. The molecule has 1 aromatic heterocycles. The predicted molar refractivity (Wildman–Crippen MR) is 82.8 cm³/mol. The number of aliphatic hydroxyl groups excluding tert-OH is 1. The first kappa shape index (κ1) is 16.4. The van der Waals surface area contributed by atoms with Crippen LogP contribution in [0.1, 0.15) is 11.7 Å². The molecule has 7 heteroatoms. The van der Waals surface area contributed by atoms with E-state index in [1.54, 1.807) is 6.07 Å². The van der Waals surface area contributed by atoms with E-state index in [2.05, 4.69) is 21.2 Å². The minimum atomic E-state index is -0.941. The molecule has 1 amide bonds. The molecule has 2 N–H and O–H groups in total. The summed E-state index contributed by atoms with van der Waals surface area (Å²) >= 11 is 3.22. The van der Waals surface area contributed by atoms with Crippen LogP contribution in [0.25, 0.3) is 0 Å². The zero-order chi connectivity index (χ0) is 16.1. The van der Waals surface area contributed by atoms with E-state index in [0.29, 0.717) is 10.0 Å². The molecule has 0 aliphatic heterocycles. The van der Waals surface area contributed by atoms with Gasteiger partial charge in [0.25, 0.3) is 5.56 Å². The maximum absolute atomic E-state index is 12.8. The van der Waals surface area contributed by atoms with Gasteiger partial charge in [0, 0.05) is 23.3 Å². The van der Waals surface area contributed by atoms with Crippen molar-refractivity contribution >= 4 is 21.8 Å². The monoisotopic (exact) mass is 368 g/mol. The summed E-state index contributed by atoms with van der Waals surface area (Å²) in [5, 5.41) is 12.4. The van der Waals surface area contributed by atoms with Crippen molar-refractivity contribution in [2.24, 2.45) is 0 Å². The Morgan fingerprint density at radius 2 is 1.95 bits per heavy atom. The first-order valence-corrected chi connectivity index (χ1v) is 7.31. The maximum atomic E-state index is 12.8. The average Bonchev–Trinajstić information content (AvgIpc) is 2.49. The van der Waals surface area contributed by atoms with Gasteiger partial charge in [-0.05, 0) is 39.7 Å². The minimum Gasteiger partial charge on any atom is -0.387 e. The summed E-state index contributed by atoms with van der Waals surface area (Å²) in [5.41, 5.74) is 0.207. The molecule has 0 aliphatic carbocycles. The van der Waals surface area contributed by atoms with Crippen molar-refractivity contribution in [2.75, 3.05) is 6.54 Å². The summed E-state index contributed by atoms with van der Waals surface area (Å²) in [7, 11) is 0. The number of pyridine rings is 1. The van der Waals surface area contributed by atoms with Crippen LogP contribution in [0.15, 0.2) is 51.9 Å². The first-order valence-electron chi connectivity index (χ1n) is 6.52. The topological polar surface area (TPSA) is 71.3 Å². The highest BCUT2D eigenvalue weighted by Gasteiger charge is 2.10. The number of halogens is 2. The second kappa shape index (κ2) is 7.33. The molecule has 0 aliphatic rings. The smallest absolute Gasteiger partial charge is 0.251 e. The lowest BCUT2D eigenvalue weighted by atomic mass is 10.1. The third-order valence-corrected chi connectivity index (χ3v) is 3.48. The largest absolute Gasteiger partial charge is 0.387 e. The van der Waals surface area contributed by atoms with Gasteiger partial charge in [-0.3, -0.25) is 9.59 Å². The van der Waals surface area contributed by atoms with Crippen LogP contribution < -0.4 is 10.9 Å². The van der Waals surface area contributed by atoms with Crippen molar-refractivity contribution in [1.29, 1.82) is 0 Å². The van der Waals surface area contributed by atoms with Gasteiger partial charge >= 0.3 is 0 Å². The molecule has 0 saturated carbocycles. The standard InChI is InChI=1S/C15H14BrFN2O3/c16-11-3-6-15(22)19(8-11)9-14(21)18-7-13(20)10-1-4-12(17)5-2-10/h1-6,8,13,20H,7,9H2,(H,18,21). The molecule has 0 radical (unpaired) electrons. The normalized spacial score (nSPS) is 12.0. The fraction of sp³-hybridized carbons (Fsp3) is 0.200. The lowest BCUT2D eigenvalue weighted by Gasteiger charge is -2.13. The summed E-state index contributed by atoms with van der Waals surface area (Å²) in [6.07, 6.45) is 0.571. The van der Waals surface area contributed by atoms with E-state index in [4.69, 9.17) is 0 Å². The van der Waals surface area contributed by atoms with Gasteiger partial charge in [-0.15, -0.1) is 0 Å². The van der Waals surface area contributed by atoms with Crippen LogP contribution in [-0.2, 0) is 11.3 Å². The van der Waals surface area contributed by atoms with Gasteiger partial charge in [0.1, 0.15) is 12.4 Å². The van der Waals surface area contributed by atoms with Crippen LogP contribution in [-0.4, -0.2) is 22.1 Å². The Hall–Kier alpha value is -1.99. The molecule has 0 spiro atoms. The van der Waals surface area contributed by atoms with Crippen LogP contribution in [0.2, 0.25) is 0 Å². The zero-order valence-electron chi connectivity index (χ0n) is 11.5. The summed E-state index contributed by atoms with van der Waals surface area (Å²) in [5.74, 6) is -0.796. The summed E-state index contributed by atoms with van der Waals surface area (Å²) in [6, 6.07) is 8.32. The molecule has 0 saturated heterocycles. The molecule has 1 aromatic carbocycles. The molecule has 0 fully saturated rings. The van der Waals surface area contributed by atoms with E-state index >= 15 is 0 Å². The maximum Gasteiger partial charge on any atom is 0.251 e. The van der Waals surface area contributed by atoms with Gasteiger partial charge in [-0.25, -0.2) is 4.39 Å². The Morgan fingerprint density at radius 3 is 2.64 bits per heavy atom. The van der Waals surface area contributed by atoms with Gasteiger partial charge in [0.2, 0.25) is 5.91 Å². The Labute approximate surface area is 134 Å². The highest BCUT2D eigenvalue weighted by molar-refractivity contribution is 9.10. The van der Waals surface area contributed by atoms with Crippen molar-refractivity contribution in [3.05, 3.63) is 68.8 Å². The van der Waals surface area contributed by atoms with Crippen LogP contribution in [0, 0.1) is 5.82 Å². The molecular weight excluding hydrogens is 355 g/mol. The Bertz CT molecular complexity index is 715. The number of hydrogen-bond donors (Lipinski definition) is 2. The molecule has 5 nitrogen and oxygen atoms in total. The first-order chi connectivity index (χ1) is 10.5. The van der Waals surface area contributed by atoms with Crippen molar-refractivity contribution in [3.8, 4) is 0 Å². The fourth-order valence-corrected chi connectivity index (χ4v) is 2.23. The summed E-state index contributed by atoms with van der Waals surface area (Å²) in [4.78, 5) is 23.4. The van der Waals surface area contributed by atoms with Gasteiger partial charge in [0.15, 0.2) is 0 Å². The number of benzene rings is 1. The number of hydrogen-bond acceptors (Lipinski definition) is 3. The zero-order valence-corrected chi connectivity index (χ0v) is 13.1. The molecule has 2 rings (SSSR count). The van der Waals surface area contributed by atoms with E-state index in [-0.39, 0.29) is 18.6 Å². The van der Waals surface area contributed by atoms with Gasteiger partial charge < -0.3 is 15.0 Å². The number of nitrogens with zero attached hydrogens (tertiary/aromatic N) is 1. The fourth-order valence-electron chi connectivity index (χ4n) is 1.85. The van der Waals surface area contributed by atoms with E-state index in [1.807, 2.05) is 0 Å². The van der Waals surface area contributed by atoms with Crippen LogP contribution >= 0.6 is 15.9 Å². The predicted octanol–water partition coefficient (Wildman–Crippen LogP) is 1.60. The molecule has 22 heavy (non-hydrogen) atoms. The lowest BCUT2D eigenvalue weighted by Crippen LogP contribution is -2.34. The molecule has 116 valence electrons. The van der Waals surface area contributed by atoms with Crippen LogP contribution in [0.4, 0.5) is 4.39 Å². The molecular formula is C15H14BrFN2O3. The quantitative estimate of drug-likeness (QED) is 0.841. The Balaban J connectivity index is 1.91. The number of carbonyl (C=O) groups excluding carboxylic acids is 1. The highest BCUT2D eigenvalue weighted by Crippen LogP contribution is 2.12. The van der Waals surface area contributed by atoms with E-state index < -0.39 is 17.8 Å². The third kappa shape index (κ3) is 4.51. The van der Waals surface area contributed by atoms with Gasteiger partial charge in [-0.2, -0.15) is 0 Å².